The molecule has 0 unspecified atom stereocenters. The van der Waals surface area contributed by atoms with E-state index in [-0.39, 0.29) is 11.9 Å². The number of benzene rings is 2. The molecule has 2 aromatic carbocycles. The predicted molar refractivity (Wildman–Crippen MR) is 126 cm³/mol. The summed E-state index contributed by atoms with van der Waals surface area (Å²) in [5.74, 6) is 2.15. The SMILES string of the molecule is COc1cc(N2CCN(C(=O)Cn3cnc4ccccc43)C[C@@H]2C)ccc1-c1cnc(C)o1. The number of imidazole rings is 1. The number of rotatable bonds is 5. The molecule has 1 aliphatic heterocycles. The Bertz CT molecular complexity index is 1290. The number of hydrogen-bond acceptors (Lipinski definition) is 6. The van der Waals surface area contributed by atoms with Crippen LogP contribution in [-0.4, -0.2) is 58.1 Å². The van der Waals surface area contributed by atoms with Crippen molar-refractivity contribution in [3.8, 4) is 17.1 Å². The number of aromatic nitrogens is 3. The van der Waals surface area contributed by atoms with Crippen molar-refractivity contribution in [1.29, 1.82) is 0 Å². The average molecular weight is 446 g/mol. The summed E-state index contributed by atoms with van der Waals surface area (Å²) in [6.45, 7) is 6.35. The van der Waals surface area contributed by atoms with Crippen LogP contribution in [0.5, 0.6) is 5.75 Å². The number of piperazine rings is 1. The number of fused-ring (bicyclic) bond motifs is 1. The number of oxazole rings is 1. The van der Waals surface area contributed by atoms with Crippen LogP contribution in [0.15, 0.2) is 59.4 Å². The van der Waals surface area contributed by atoms with Crippen LogP contribution in [0, 0.1) is 6.92 Å². The maximum atomic E-state index is 13.0. The highest BCUT2D eigenvalue weighted by molar-refractivity contribution is 5.81. The van der Waals surface area contributed by atoms with Crippen molar-refractivity contribution in [3.05, 3.63) is 60.9 Å². The minimum atomic E-state index is 0.110. The van der Waals surface area contributed by atoms with Crippen LogP contribution in [0.1, 0.15) is 12.8 Å². The number of nitrogens with zero attached hydrogens (tertiary/aromatic N) is 5. The Morgan fingerprint density at radius 1 is 1.18 bits per heavy atom. The number of carbonyl (C=O) groups excluding carboxylic acids is 1. The highest BCUT2D eigenvalue weighted by Crippen LogP contribution is 2.35. The molecule has 3 heterocycles. The van der Waals surface area contributed by atoms with Crippen molar-refractivity contribution >= 4 is 22.6 Å². The van der Waals surface area contributed by atoms with Crippen LogP contribution >= 0.6 is 0 Å². The molecule has 2 aromatic heterocycles. The van der Waals surface area contributed by atoms with Gasteiger partial charge in [-0.25, -0.2) is 9.97 Å². The zero-order chi connectivity index (χ0) is 22.9. The minimum absolute atomic E-state index is 0.110. The summed E-state index contributed by atoms with van der Waals surface area (Å²) in [6, 6.07) is 14.1. The number of aryl methyl sites for hydroxylation is 1. The number of hydrogen-bond donors (Lipinski definition) is 0. The molecule has 1 atom stereocenters. The van der Waals surface area contributed by atoms with E-state index in [0.29, 0.717) is 31.3 Å². The second-order valence-electron chi connectivity index (χ2n) is 8.37. The maximum Gasteiger partial charge on any atom is 0.242 e. The van der Waals surface area contributed by atoms with E-state index in [0.717, 1.165) is 34.6 Å². The molecule has 1 aliphatic rings. The fourth-order valence-electron chi connectivity index (χ4n) is 4.50. The molecule has 0 N–H and O–H groups in total. The lowest BCUT2D eigenvalue weighted by Crippen LogP contribution is -2.54. The molecule has 0 radical (unpaired) electrons. The van der Waals surface area contributed by atoms with E-state index in [1.54, 1.807) is 19.6 Å². The first-order chi connectivity index (χ1) is 16.0. The topological polar surface area (TPSA) is 76.6 Å². The third-order valence-electron chi connectivity index (χ3n) is 6.22. The standard InChI is InChI=1S/C25H27N5O3/c1-17-14-28(25(31)15-29-16-27-21-6-4-5-7-22(21)29)10-11-30(17)19-8-9-20(23(12-19)32-3)24-13-26-18(2)33-24/h4-9,12-13,16-17H,10-11,14-15H2,1-3H3/t17-/m0/s1. The second kappa shape index (κ2) is 8.61. The van der Waals surface area contributed by atoms with Crippen molar-refractivity contribution in [2.45, 2.75) is 26.4 Å². The molecule has 1 fully saturated rings. The molecule has 0 saturated carbocycles. The highest BCUT2D eigenvalue weighted by atomic mass is 16.5. The molecule has 4 aromatic rings. The largest absolute Gasteiger partial charge is 0.496 e. The van der Waals surface area contributed by atoms with Crippen molar-refractivity contribution in [2.75, 3.05) is 31.6 Å². The van der Waals surface area contributed by atoms with Gasteiger partial charge in [0.2, 0.25) is 5.91 Å². The van der Waals surface area contributed by atoms with Crippen molar-refractivity contribution in [1.82, 2.24) is 19.4 Å². The van der Waals surface area contributed by atoms with E-state index in [1.807, 2.05) is 52.8 Å². The fourth-order valence-corrected chi connectivity index (χ4v) is 4.50. The van der Waals surface area contributed by atoms with Gasteiger partial charge >= 0.3 is 0 Å². The first-order valence-electron chi connectivity index (χ1n) is 11.1. The number of carbonyl (C=O) groups is 1. The number of anilines is 1. The van der Waals surface area contributed by atoms with Crippen molar-refractivity contribution < 1.29 is 13.9 Å². The molecule has 1 saturated heterocycles. The molecule has 170 valence electrons. The Kier molecular flexibility index (Phi) is 5.50. The van der Waals surface area contributed by atoms with Gasteiger partial charge in [0.15, 0.2) is 11.7 Å². The van der Waals surface area contributed by atoms with Gasteiger partial charge in [-0.05, 0) is 31.2 Å². The van der Waals surface area contributed by atoms with E-state index in [9.17, 15) is 4.79 Å². The zero-order valence-electron chi connectivity index (χ0n) is 19.1. The Hall–Kier alpha value is -3.81. The van der Waals surface area contributed by atoms with Crippen LogP contribution in [0.4, 0.5) is 5.69 Å². The van der Waals surface area contributed by atoms with Crippen LogP contribution in [0.2, 0.25) is 0 Å². The molecule has 0 bridgehead atoms. The zero-order valence-corrected chi connectivity index (χ0v) is 19.1. The molecule has 0 spiro atoms. The van der Waals surface area contributed by atoms with E-state index in [1.165, 1.54) is 0 Å². The van der Waals surface area contributed by atoms with Gasteiger partial charge in [0.1, 0.15) is 12.3 Å². The summed E-state index contributed by atoms with van der Waals surface area (Å²) < 4.78 is 13.2. The van der Waals surface area contributed by atoms with Crippen LogP contribution in [-0.2, 0) is 11.3 Å². The first-order valence-corrected chi connectivity index (χ1v) is 11.1. The lowest BCUT2D eigenvalue weighted by molar-refractivity contribution is -0.132. The van der Waals surface area contributed by atoms with Crippen LogP contribution < -0.4 is 9.64 Å². The van der Waals surface area contributed by atoms with Gasteiger partial charge in [-0.2, -0.15) is 0 Å². The first kappa shape index (κ1) is 21.1. The summed E-state index contributed by atoms with van der Waals surface area (Å²) in [5, 5.41) is 0. The number of amides is 1. The van der Waals surface area contributed by atoms with Crippen LogP contribution in [0.3, 0.4) is 0 Å². The minimum Gasteiger partial charge on any atom is -0.496 e. The average Bonchev–Trinajstić information content (AvgIpc) is 3.45. The van der Waals surface area contributed by atoms with E-state index >= 15 is 0 Å². The molecular weight excluding hydrogens is 418 g/mol. The highest BCUT2D eigenvalue weighted by Gasteiger charge is 2.28. The Morgan fingerprint density at radius 3 is 2.79 bits per heavy atom. The monoisotopic (exact) mass is 445 g/mol. The third kappa shape index (κ3) is 4.04. The van der Waals surface area contributed by atoms with Gasteiger partial charge < -0.3 is 23.5 Å². The van der Waals surface area contributed by atoms with E-state index in [2.05, 4.69) is 27.9 Å². The van der Waals surface area contributed by atoms with Crippen molar-refractivity contribution in [2.24, 2.45) is 0 Å². The quantitative estimate of drug-likeness (QED) is 0.466. The Balaban J connectivity index is 1.29. The fraction of sp³-hybridized carbons (Fsp3) is 0.320. The molecule has 0 aliphatic carbocycles. The summed E-state index contributed by atoms with van der Waals surface area (Å²) in [7, 11) is 1.66. The van der Waals surface area contributed by atoms with E-state index < -0.39 is 0 Å². The van der Waals surface area contributed by atoms with Gasteiger partial charge in [-0.1, -0.05) is 12.1 Å². The molecule has 8 heteroatoms. The molecule has 1 amide bonds. The van der Waals surface area contributed by atoms with Gasteiger partial charge in [0.05, 0.1) is 36.2 Å². The van der Waals surface area contributed by atoms with Crippen LogP contribution in [0.25, 0.3) is 22.4 Å². The number of ether oxygens (including phenoxy) is 1. The molecular formula is C25H27N5O3. The maximum absolute atomic E-state index is 13.0. The van der Waals surface area contributed by atoms with Gasteiger partial charge in [0.25, 0.3) is 0 Å². The third-order valence-corrected chi connectivity index (χ3v) is 6.22. The van der Waals surface area contributed by atoms with E-state index in [4.69, 9.17) is 9.15 Å². The number of methoxy groups -OCH3 is 1. The lowest BCUT2D eigenvalue weighted by atomic mass is 10.1. The normalized spacial score (nSPS) is 16.4. The lowest BCUT2D eigenvalue weighted by Gasteiger charge is -2.41. The smallest absolute Gasteiger partial charge is 0.242 e. The Morgan fingerprint density at radius 2 is 2.03 bits per heavy atom. The number of para-hydroxylation sites is 2. The van der Waals surface area contributed by atoms with Crippen molar-refractivity contribution in [3.63, 3.8) is 0 Å². The molecule has 33 heavy (non-hydrogen) atoms. The van der Waals surface area contributed by atoms with Gasteiger partial charge in [-0.3, -0.25) is 4.79 Å². The molecule has 5 rings (SSSR count). The van der Waals surface area contributed by atoms with Gasteiger partial charge in [-0.15, -0.1) is 0 Å². The summed E-state index contributed by atoms with van der Waals surface area (Å²) in [4.78, 5) is 25.9. The second-order valence-corrected chi connectivity index (χ2v) is 8.37. The molecule has 8 nitrogen and oxygen atoms in total. The van der Waals surface area contributed by atoms with Gasteiger partial charge in [0, 0.05) is 44.4 Å². The Labute approximate surface area is 192 Å². The summed E-state index contributed by atoms with van der Waals surface area (Å²) >= 11 is 0. The summed E-state index contributed by atoms with van der Waals surface area (Å²) in [6.07, 6.45) is 3.45. The predicted octanol–water partition coefficient (Wildman–Crippen LogP) is 3.75. The summed E-state index contributed by atoms with van der Waals surface area (Å²) in [5.41, 5.74) is 3.82.